The Balaban J connectivity index is 1.42. The van der Waals surface area contributed by atoms with E-state index >= 15 is 0 Å². The van der Waals surface area contributed by atoms with Gasteiger partial charge in [-0.25, -0.2) is 8.42 Å². The third kappa shape index (κ3) is 5.26. The van der Waals surface area contributed by atoms with Gasteiger partial charge in [0, 0.05) is 37.7 Å². The van der Waals surface area contributed by atoms with Crippen molar-refractivity contribution in [3.63, 3.8) is 0 Å². The van der Waals surface area contributed by atoms with Gasteiger partial charge in [0.1, 0.15) is 5.75 Å². The number of sulfone groups is 1. The molecule has 2 N–H and O–H groups in total. The number of likely N-dealkylation sites (tertiary alicyclic amines) is 1. The number of carbonyl (C=O) groups excluding carboxylic acids is 3. The molecule has 29 heavy (non-hydrogen) atoms. The molecule has 2 aliphatic rings. The molecule has 0 aliphatic carbocycles. The lowest BCUT2D eigenvalue weighted by molar-refractivity contribution is -0.130. The zero-order valence-electron chi connectivity index (χ0n) is 16.2. The Morgan fingerprint density at radius 1 is 1.24 bits per heavy atom. The van der Waals surface area contributed by atoms with Crippen LogP contribution in [0.1, 0.15) is 23.2 Å². The molecule has 3 amide bonds. The summed E-state index contributed by atoms with van der Waals surface area (Å²) in [5.41, 5.74) is 0.458. The number of benzene rings is 1. The van der Waals surface area contributed by atoms with E-state index in [1.165, 1.54) is 12.0 Å². The average Bonchev–Trinajstić information content (AvgIpc) is 3.26. The summed E-state index contributed by atoms with van der Waals surface area (Å²) in [4.78, 5) is 38.2. The van der Waals surface area contributed by atoms with E-state index < -0.39 is 15.8 Å². The monoisotopic (exact) mass is 423 g/mol. The van der Waals surface area contributed by atoms with Crippen LogP contribution in [0.3, 0.4) is 0 Å². The van der Waals surface area contributed by atoms with Gasteiger partial charge < -0.3 is 20.3 Å². The predicted molar refractivity (Wildman–Crippen MR) is 105 cm³/mol. The second-order valence-electron chi connectivity index (χ2n) is 7.28. The Bertz CT molecular complexity index is 901. The minimum Gasteiger partial charge on any atom is -0.497 e. The van der Waals surface area contributed by atoms with E-state index in [4.69, 9.17) is 4.74 Å². The quantitative estimate of drug-likeness (QED) is 0.575. The molecular weight excluding hydrogens is 398 g/mol. The van der Waals surface area contributed by atoms with Crippen LogP contribution in [0.25, 0.3) is 0 Å². The number of methoxy groups -OCH3 is 1. The highest BCUT2D eigenvalue weighted by Crippen LogP contribution is 2.26. The molecule has 158 valence electrons. The van der Waals surface area contributed by atoms with Gasteiger partial charge in [0.05, 0.1) is 24.5 Å². The van der Waals surface area contributed by atoms with Crippen LogP contribution in [0.4, 0.5) is 0 Å². The van der Waals surface area contributed by atoms with E-state index in [-0.39, 0.29) is 61.3 Å². The van der Waals surface area contributed by atoms with Gasteiger partial charge in [0.15, 0.2) is 9.84 Å². The number of amides is 3. The Morgan fingerprint density at radius 3 is 2.69 bits per heavy atom. The second-order valence-corrected chi connectivity index (χ2v) is 9.51. The van der Waals surface area contributed by atoms with E-state index in [1.807, 2.05) is 0 Å². The van der Waals surface area contributed by atoms with Crippen LogP contribution in [0, 0.1) is 5.92 Å². The third-order valence-electron chi connectivity index (χ3n) is 5.22. The summed E-state index contributed by atoms with van der Waals surface area (Å²) < 4.78 is 28.3. The topological polar surface area (TPSA) is 122 Å². The summed E-state index contributed by atoms with van der Waals surface area (Å²) >= 11 is 0. The van der Waals surface area contributed by atoms with Gasteiger partial charge in [-0.3, -0.25) is 14.4 Å². The normalized spacial score (nSPS) is 23.1. The van der Waals surface area contributed by atoms with Crippen LogP contribution < -0.4 is 15.4 Å². The summed E-state index contributed by atoms with van der Waals surface area (Å²) in [6.45, 7) is 0.713. The summed E-state index contributed by atoms with van der Waals surface area (Å²) in [6, 6.07) is 6.42. The number of hydrogen-bond donors (Lipinski definition) is 2. The molecule has 1 aromatic rings. The molecule has 0 bridgehead atoms. The number of nitrogens with one attached hydrogen (secondary N) is 2. The molecule has 0 aromatic heterocycles. The molecule has 2 aliphatic heterocycles. The Morgan fingerprint density at radius 2 is 2.00 bits per heavy atom. The molecule has 0 spiro atoms. The number of rotatable bonds is 7. The fourth-order valence-electron chi connectivity index (χ4n) is 3.65. The maximum absolute atomic E-state index is 12.3. The summed E-state index contributed by atoms with van der Waals surface area (Å²) in [5, 5.41) is 5.44. The van der Waals surface area contributed by atoms with Crippen molar-refractivity contribution in [2.75, 3.05) is 38.2 Å². The van der Waals surface area contributed by atoms with Crippen LogP contribution in [0.15, 0.2) is 24.3 Å². The summed E-state index contributed by atoms with van der Waals surface area (Å²) in [5.74, 6) is -0.579. The predicted octanol–water partition coefficient (Wildman–Crippen LogP) is -0.423. The highest BCUT2D eigenvalue weighted by molar-refractivity contribution is 7.91. The number of carbonyl (C=O) groups is 3. The van der Waals surface area contributed by atoms with Crippen molar-refractivity contribution in [2.24, 2.45) is 5.92 Å². The lowest BCUT2D eigenvalue weighted by Crippen LogP contribution is -2.40. The molecule has 0 radical (unpaired) electrons. The molecule has 1 aromatic carbocycles. The number of ether oxygens (including phenoxy) is 1. The van der Waals surface area contributed by atoms with Gasteiger partial charge in [0.2, 0.25) is 11.8 Å². The molecule has 2 atom stereocenters. The first-order chi connectivity index (χ1) is 13.8. The highest BCUT2D eigenvalue weighted by Gasteiger charge is 2.41. The van der Waals surface area contributed by atoms with Crippen molar-refractivity contribution in [3.05, 3.63) is 29.8 Å². The smallest absolute Gasteiger partial charge is 0.251 e. The van der Waals surface area contributed by atoms with Gasteiger partial charge in [-0.05, 0) is 24.6 Å². The third-order valence-corrected chi connectivity index (χ3v) is 6.97. The van der Waals surface area contributed by atoms with Crippen molar-refractivity contribution >= 4 is 27.6 Å². The average molecular weight is 423 g/mol. The molecule has 9 nitrogen and oxygen atoms in total. The van der Waals surface area contributed by atoms with Crippen LogP contribution in [0.5, 0.6) is 5.75 Å². The highest BCUT2D eigenvalue weighted by atomic mass is 32.2. The standard InChI is InChI=1S/C19H25N3O6S/c1-28-16-4-2-3-13(9-16)18(24)20-6-7-21-19(25)14-10-17(23)22(11-14)15-5-8-29(26,27)12-15/h2-4,9,14-15H,5-8,10-12H2,1H3,(H,20,24)(H,21,25). The zero-order chi connectivity index (χ0) is 21.0. The van der Waals surface area contributed by atoms with Crippen molar-refractivity contribution in [1.29, 1.82) is 0 Å². The van der Waals surface area contributed by atoms with Crippen molar-refractivity contribution in [3.8, 4) is 5.75 Å². The van der Waals surface area contributed by atoms with Crippen molar-refractivity contribution in [2.45, 2.75) is 18.9 Å². The zero-order valence-corrected chi connectivity index (χ0v) is 17.0. The molecule has 2 heterocycles. The van der Waals surface area contributed by atoms with E-state index in [9.17, 15) is 22.8 Å². The van der Waals surface area contributed by atoms with Gasteiger partial charge >= 0.3 is 0 Å². The molecule has 0 saturated carbocycles. The van der Waals surface area contributed by atoms with Crippen LogP contribution in [-0.2, 0) is 19.4 Å². The maximum atomic E-state index is 12.3. The minimum absolute atomic E-state index is 0.0244. The fraction of sp³-hybridized carbons (Fsp3) is 0.526. The summed E-state index contributed by atoms with van der Waals surface area (Å²) in [6.07, 6.45) is 0.511. The first-order valence-corrected chi connectivity index (χ1v) is 11.3. The number of nitrogens with zero attached hydrogens (tertiary/aromatic N) is 1. The molecular formula is C19H25N3O6S. The lowest BCUT2D eigenvalue weighted by Gasteiger charge is -2.22. The van der Waals surface area contributed by atoms with E-state index in [2.05, 4.69) is 10.6 Å². The van der Waals surface area contributed by atoms with Gasteiger partial charge in [0.25, 0.3) is 5.91 Å². The molecule has 10 heteroatoms. The lowest BCUT2D eigenvalue weighted by atomic mass is 10.1. The Hall–Kier alpha value is -2.62. The van der Waals surface area contributed by atoms with E-state index in [0.717, 1.165) is 0 Å². The van der Waals surface area contributed by atoms with Gasteiger partial charge in [-0.2, -0.15) is 0 Å². The molecule has 2 saturated heterocycles. The molecule has 3 rings (SSSR count). The van der Waals surface area contributed by atoms with Crippen molar-refractivity contribution < 1.29 is 27.5 Å². The second kappa shape index (κ2) is 8.81. The molecule has 2 unspecified atom stereocenters. The SMILES string of the molecule is COc1cccc(C(=O)NCCNC(=O)C2CC(=O)N(C3CCS(=O)(=O)C3)C2)c1. The van der Waals surface area contributed by atoms with E-state index in [1.54, 1.807) is 24.3 Å². The van der Waals surface area contributed by atoms with Gasteiger partial charge in [-0.15, -0.1) is 0 Å². The summed E-state index contributed by atoms with van der Waals surface area (Å²) in [7, 11) is -1.57. The minimum atomic E-state index is -3.09. The first-order valence-electron chi connectivity index (χ1n) is 9.49. The Labute approximate surface area is 169 Å². The van der Waals surface area contributed by atoms with E-state index in [0.29, 0.717) is 17.7 Å². The number of hydrogen-bond acceptors (Lipinski definition) is 6. The van der Waals surface area contributed by atoms with Crippen molar-refractivity contribution in [1.82, 2.24) is 15.5 Å². The van der Waals surface area contributed by atoms with Gasteiger partial charge in [-0.1, -0.05) is 6.07 Å². The van der Waals surface area contributed by atoms with Crippen LogP contribution in [0.2, 0.25) is 0 Å². The fourth-order valence-corrected chi connectivity index (χ4v) is 5.38. The van der Waals surface area contributed by atoms with Crippen LogP contribution in [-0.4, -0.2) is 75.3 Å². The first kappa shape index (κ1) is 21.1. The largest absolute Gasteiger partial charge is 0.497 e. The molecule has 2 fully saturated rings. The maximum Gasteiger partial charge on any atom is 0.251 e. The van der Waals surface area contributed by atoms with Crippen LogP contribution >= 0.6 is 0 Å². The Kier molecular flexibility index (Phi) is 6.41.